The molecule has 0 bridgehead atoms. The molecule has 17 heavy (non-hydrogen) atoms. The van der Waals surface area contributed by atoms with E-state index in [0.717, 1.165) is 31.5 Å². The molecule has 0 aliphatic carbocycles. The van der Waals surface area contributed by atoms with Gasteiger partial charge in [0, 0.05) is 0 Å². The summed E-state index contributed by atoms with van der Waals surface area (Å²) in [6.45, 7) is 1.94. The molecule has 0 saturated carbocycles. The van der Waals surface area contributed by atoms with E-state index in [0.29, 0.717) is 16.9 Å². The molecular formula is C12H15BN2O2. The molecule has 1 aromatic rings. The number of nitrogens with zero attached hydrogens (tertiary/aromatic N) is 1. The van der Waals surface area contributed by atoms with Crippen molar-refractivity contribution in [1.82, 2.24) is 5.32 Å². The van der Waals surface area contributed by atoms with E-state index in [9.17, 15) is 0 Å². The molecule has 1 aromatic carbocycles. The Hall–Kier alpha value is -1.35. The summed E-state index contributed by atoms with van der Waals surface area (Å²) in [5, 5.41) is 30.6. The van der Waals surface area contributed by atoms with Crippen LogP contribution in [0.5, 0.6) is 0 Å². The molecule has 1 fully saturated rings. The molecule has 2 rings (SSSR count). The molecule has 0 aromatic heterocycles. The van der Waals surface area contributed by atoms with Gasteiger partial charge in [-0.2, -0.15) is 5.26 Å². The summed E-state index contributed by atoms with van der Waals surface area (Å²) in [7, 11) is -1.51. The second-order valence-electron chi connectivity index (χ2n) is 4.36. The third kappa shape index (κ3) is 2.67. The number of nitriles is 1. The van der Waals surface area contributed by atoms with Crippen LogP contribution in [0.1, 0.15) is 29.9 Å². The van der Waals surface area contributed by atoms with Crippen LogP contribution >= 0.6 is 0 Å². The van der Waals surface area contributed by atoms with Gasteiger partial charge >= 0.3 is 7.12 Å². The Morgan fingerprint density at radius 3 is 2.59 bits per heavy atom. The fraction of sp³-hybridized carbons (Fsp3) is 0.417. The summed E-state index contributed by atoms with van der Waals surface area (Å²) < 4.78 is 0. The lowest BCUT2D eigenvalue weighted by Gasteiger charge is -2.24. The highest BCUT2D eigenvalue weighted by Gasteiger charge is 2.20. The molecule has 1 aliphatic heterocycles. The molecule has 4 nitrogen and oxygen atoms in total. The minimum atomic E-state index is -1.51. The average Bonchev–Trinajstić information content (AvgIpc) is 2.39. The highest BCUT2D eigenvalue weighted by Crippen LogP contribution is 2.27. The smallest absolute Gasteiger partial charge is 0.423 e. The molecule has 0 radical (unpaired) electrons. The van der Waals surface area contributed by atoms with E-state index >= 15 is 0 Å². The Balaban J connectivity index is 2.30. The van der Waals surface area contributed by atoms with Gasteiger partial charge in [-0.3, -0.25) is 0 Å². The molecule has 88 valence electrons. The fourth-order valence-electron chi connectivity index (χ4n) is 2.32. The topological polar surface area (TPSA) is 76.3 Å². The van der Waals surface area contributed by atoms with E-state index in [1.165, 1.54) is 0 Å². The molecule has 0 amide bonds. The third-order valence-corrected chi connectivity index (χ3v) is 3.27. The van der Waals surface area contributed by atoms with Crippen molar-refractivity contribution >= 4 is 12.6 Å². The van der Waals surface area contributed by atoms with Crippen molar-refractivity contribution in [1.29, 1.82) is 5.26 Å². The lowest BCUT2D eigenvalue weighted by molar-refractivity contribution is 0.425. The first-order valence-corrected chi connectivity index (χ1v) is 5.83. The van der Waals surface area contributed by atoms with Crippen molar-refractivity contribution in [3.63, 3.8) is 0 Å². The van der Waals surface area contributed by atoms with Crippen molar-refractivity contribution in [2.45, 2.75) is 18.8 Å². The number of benzene rings is 1. The van der Waals surface area contributed by atoms with Crippen LogP contribution in [0.15, 0.2) is 18.2 Å². The zero-order chi connectivity index (χ0) is 12.3. The summed E-state index contributed by atoms with van der Waals surface area (Å²) in [4.78, 5) is 0. The van der Waals surface area contributed by atoms with Crippen LogP contribution in [0, 0.1) is 11.3 Å². The van der Waals surface area contributed by atoms with Crippen LogP contribution in [0.4, 0.5) is 0 Å². The van der Waals surface area contributed by atoms with Crippen molar-refractivity contribution in [2.24, 2.45) is 0 Å². The highest BCUT2D eigenvalue weighted by molar-refractivity contribution is 6.58. The van der Waals surface area contributed by atoms with Crippen molar-refractivity contribution in [3.05, 3.63) is 29.3 Å². The number of nitrogens with one attached hydrogen (secondary N) is 1. The van der Waals surface area contributed by atoms with Crippen LogP contribution in [-0.4, -0.2) is 30.3 Å². The molecule has 1 aliphatic rings. The number of hydrogen-bond acceptors (Lipinski definition) is 4. The van der Waals surface area contributed by atoms with Gasteiger partial charge in [0.15, 0.2) is 0 Å². The normalized spacial score (nSPS) is 16.5. The predicted molar refractivity (Wildman–Crippen MR) is 65.8 cm³/mol. The zero-order valence-corrected chi connectivity index (χ0v) is 9.56. The molecule has 0 atom stereocenters. The summed E-state index contributed by atoms with van der Waals surface area (Å²) in [5.41, 5.74) is 1.96. The first-order chi connectivity index (χ1) is 8.22. The van der Waals surface area contributed by atoms with Crippen LogP contribution < -0.4 is 10.8 Å². The molecule has 1 saturated heterocycles. The summed E-state index contributed by atoms with van der Waals surface area (Å²) in [6.07, 6.45) is 2.05. The number of hydrogen-bond donors (Lipinski definition) is 3. The van der Waals surface area contributed by atoms with Crippen molar-refractivity contribution in [3.8, 4) is 6.07 Å². The Morgan fingerprint density at radius 1 is 1.29 bits per heavy atom. The first kappa shape index (κ1) is 12.1. The van der Waals surface area contributed by atoms with Gasteiger partial charge in [0.05, 0.1) is 11.6 Å². The van der Waals surface area contributed by atoms with Crippen LogP contribution in [0.25, 0.3) is 0 Å². The summed E-state index contributed by atoms with van der Waals surface area (Å²) in [5.74, 6) is 0.399. The van der Waals surface area contributed by atoms with Gasteiger partial charge < -0.3 is 15.4 Å². The second-order valence-corrected chi connectivity index (χ2v) is 4.36. The first-order valence-electron chi connectivity index (χ1n) is 5.83. The minimum absolute atomic E-state index is 0.374. The van der Waals surface area contributed by atoms with Crippen molar-refractivity contribution < 1.29 is 10.0 Å². The molecule has 0 unspecified atom stereocenters. The van der Waals surface area contributed by atoms with E-state index in [1.807, 2.05) is 6.07 Å². The average molecular weight is 230 g/mol. The SMILES string of the molecule is N#Cc1cc(B(O)O)ccc1C1CCNCC1. The lowest BCUT2D eigenvalue weighted by Crippen LogP contribution is -2.31. The van der Waals surface area contributed by atoms with Gasteiger partial charge in [-0.15, -0.1) is 0 Å². The lowest BCUT2D eigenvalue weighted by atomic mass is 9.77. The van der Waals surface area contributed by atoms with Gasteiger partial charge in [-0.25, -0.2) is 0 Å². The highest BCUT2D eigenvalue weighted by atomic mass is 16.4. The Labute approximate surface area is 101 Å². The molecule has 1 heterocycles. The summed E-state index contributed by atoms with van der Waals surface area (Å²) in [6, 6.07) is 7.25. The predicted octanol–water partition coefficient (Wildman–Crippen LogP) is -0.295. The quantitative estimate of drug-likeness (QED) is 0.610. The van der Waals surface area contributed by atoms with E-state index in [2.05, 4.69) is 11.4 Å². The minimum Gasteiger partial charge on any atom is -0.423 e. The van der Waals surface area contributed by atoms with Crippen LogP contribution in [0.2, 0.25) is 0 Å². The maximum atomic E-state index is 9.13. The van der Waals surface area contributed by atoms with E-state index < -0.39 is 7.12 Å². The Bertz CT molecular complexity index is 437. The molecule has 5 heteroatoms. The maximum Gasteiger partial charge on any atom is 0.488 e. The van der Waals surface area contributed by atoms with E-state index in [4.69, 9.17) is 15.3 Å². The van der Waals surface area contributed by atoms with Crippen molar-refractivity contribution in [2.75, 3.05) is 13.1 Å². The zero-order valence-electron chi connectivity index (χ0n) is 9.56. The Kier molecular flexibility index (Phi) is 3.80. The maximum absolute atomic E-state index is 9.13. The number of piperidine rings is 1. The van der Waals surface area contributed by atoms with Gasteiger partial charge in [0.2, 0.25) is 0 Å². The molecule has 0 spiro atoms. The largest absolute Gasteiger partial charge is 0.488 e. The van der Waals surface area contributed by atoms with Gasteiger partial charge in [-0.1, -0.05) is 12.1 Å². The summed E-state index contributed by atoms with van der Waals surface area (Å²) >= 11 is 0. The van der Waals surface area contributed by atoms with E-state index in [1.54, 1.807) is 12.1 Å². The van der Waals surface area contributed by atoms with Crippen LogP contribution in [-0.2, 0) is 0 Å². The number of rotatable bonds is 2. The monoisotopic (exact) mass is 230 g/mol. The van der Waals surface area contributed by atoms with Crippen LogP contribution in [0.3, 0.4) is 0 Å². The van der Waals surface area contributed by atoms with E-state index in [-0.39, 0.29) is 0 Å². The molecular weight excluding hydrogens is 215 g/mol. The second kappa shape index (κ2) is 5.32. The fourth-order valence-corrected chi connectivity index (χ4v) is 2.32. The van der Waals surface area contributed by atoms with Gasteiger partial charge in [0.25, 0.3) is 0 Å². The van der Waals surface area contributed by atoms with Gasteiger partial charge in [0.1, 0.15) is 0 Å². The van der Waals surface area contributed by atoms with Gasteiger partial charge in [-0.05, 0) is 48.9 Å². The third-order valence-electron chi connectivity index (χ3n) is 3.27. The Morgan fingerprint density at radius 2 is 2.00 bits per heavy atom. The standard InChI is InChI=1S/C12H15BN2O2/c14-8-10-7-11(13(16)17)1-2-12(10)9-3-5-15-6-4-9/h1-2,7,9,15-17H,3-6H2. The molecule has 3 N–H and O–H groups in total.